The lowest BCUT2D eigenvalue weighted by molar-refractivity contribution is 0.289. The van der Waals surface area contributed by atoms with Crippen LogP contribution in [-0.2, 0) is 17.1 Å². The predicted molar refractivity (Wildman–Crippen MR) is 80.7 cm³/mol. The van der Waals surface area contributed by atoms with Crippen molar-refractivity contribution in [2.45, 2.75) is 43.0 Å². The SMILES string of the molecule is CC1CCC(NS(=O)(=O)c2cnn(C)c2)(C(N)=S)CC1. The van der Waals surface area contributed by atoms with Crippen molar-refractivity contribution in [1.82, 2.24) is 14.5 Å². The minimum atomic E-state index is -3.66. The van der Waals surface area contributed by atoms with Crippen molar-refractivity contribution in [3.8, 4) is 0 Å². The van der Waals surface area contributed by atoms with E-state index in [1.54, 1.807) is 7.05 Å². The minimum absolute atomic E-state index is 0.134. The molecule has 1 aromatic heterocycles. The van der Waals surface area contributed by atoms with Crippen LogP contribution in [0.15, 0.2) is 17.3 Å². The third-order valence-electron chi connectivity index (χ3n) is 3.92. The number of nitrogens with two attached hydrogens (primary N) is 1. The van der Waals surface area contributed by atoms with Crippen LogP contribution >= 0.6 is 12.2 Å². The first kappa shape index (κ1) is 15.4. The molecule has 0 saturated heterocycles. The van der Waals surface area contributed by atoms with Crippen molar-refractivity contribution >= 4 is 27.2 Å². The fourth-order valence-corrected chi connectivity index (χ4v) is 4.25. The molecule has 3 N–H and O–H groups in total. The summed E-state index contributed by atoms with van der Waals surface area (Å²) in [6.45, 7) is 2.15. The highest BCUT2D eigenvalue weighted by molar-refractivity contribution is 7.89. The molecular weight excluding hydrogens is 296 g/mol. The Morgan fingerprint density at radius 2 is 2.15 bits per heavy atom. The van der Waals surface area contributed by atoms with Crippen LogP contribution in [0.4, 0.5) is 0 Å². The van der Waals surface area contributed by atoms with Crippen LogP contribution in [0.5, 0.6) is 0 Å². The van der Waals surface area contributed by atoms with Gasteiger partial charge in [0, 0.05) is 13.2 Å². The molecule has 0 unspecified atom stereocenters. The van der Waals surface area contributed by atoms with E-state index in [4.69, 9.17) is 18.0 Å². The molecule has 0 atom stereocenters. The van der Waals surface area contributed by atoms with Crippen molar-refractivity contribution in [2.24, 2.45) is 18.7 Å². The van der Waals surface area contributed by atoms with E-state index in [0.29, 0.717) is 18.8 Å². The molecule has 1 saturated carbocycles. The van der Waals surface area contributed by atoms with Crippen LogP contribution in [0.2, 0.25) is 0 Å². The molecule has 6 nitrogen and oxygen atoms in total. The number of hydrogen-bond donors (Lipinski definition) is 2. The zero-order valence-corrected chi connectivity index (χ0v) is 13.3. The minimum Gasteiger partial charge on any atom is -0.392 e. The van der Waals surface area contributed by atoms with Crippen LogP contribution in [-0.4, -0.2) is 28.7 Å². The summed E-state index contributed by atoms with van der Waals surface area (Å²) in [7, 11) is -1.99. The molecule has 112 valence electrons. The second-order valence-electron chi connectivity index (χ2n) is 5.58. The van der Waals surface area contributed by atoms with Crippen molar-refractivity contribution in [2.75, 3.05) is 0 Å². The number of rotatable bonds is 4. The maximum absolute atomic E-state index is 12.4. The maximum Gasteiger partial charge on any atom is 0.244 e. The highest BCUT2D eigenvalue weighted by Crippen LogP contribution is 2.33. The molecule has 8 heteroatoms. The van der Waals surface area contributed by atoms with E-state index in [9.17, 15) is 8.42 Å². The Bertz CT molecular complexity index is 601. The predicted octanol–water partition coefficient (Wildman–Crippen LogP) is 0.933. The van der Waals surface area contributed by atoms with Crippen LogP contribution in [0.25, 0.3) is 0 Å². The molecule has 1 heterocycles. The second-order valence-corrected chi connectivity index (χ2v) is 7.71. The third-order valence-corrected chi connectivity index (χ3v) is 5.80. The Kier molecular flexibility index (Phi) is 4.17. The quantitative estimate of drug-likeness (QED) is 0.807. The number of aromatic nitrogens is 2. The van der Waals surface area contributed by atoms with Crippen molar-refractivity contribution in [3.05, 3.63) is 12.4 Å². The Labute approximate surface area is 124 Å². The molecule has 1 aliphatic rings. The number of thiocarbonyl (C=S) groups is 1. The van der Waals surface area contributed by atoms with Gasteiger partial charge in [-0.15, -0.1) is 0 Å². The summed E-state index contributed by atoms with van der Waals surface area (Å²) in [5.41, 5.74) is 5.01. The molecule has 1 aromatic rings. The van der Waals surface area contributed by atoms with Gasteiger partial charge < -0.3 is 5.73 Å². The first-order valence-corrected chi connectivity index (χ1v) is 8.47. The number of hydrogen-bond acceptors (Lipinski definition) is 4. The van der Waals surface area contributed by atoms with Crippen molar-refractivity contribution in [1.29, 1.82) is 0 Å². The highest BCUT2D eigenvalue weighted by atomic mass is 32.2. The average Bonchev–Trinajstić information content (AvgIpc) is 2.79. The molecule has 0 bridgehead atoms. The van der Waals surface area contributed by atoms with E-state index in [1.807, 2.05) is 0 Å². The molecule has 0 aliphatic heterocycles. The largest absolute Gasteiger partial charge is 0.392 e. The van der Waals surface area contributed by atoms with Gasteiger partial charge in [-0.1, -0.05) is 19.1 Å². The van der Waals surface area contributed by atoms with E-state index < -0.39 is 15.6 Å². The smallest absolute Gasteiger partial charge is 0.244 e. The molecule has 1 fully saturated rings. The van der Waals surface area contributed by atoms with Gasteiger partial charge in [0.15, 0.2) is 0 Å². The van der Waals surface area contributed by atoms with Gasteiger partial charge in [0.25, 0.3) is 0 Å². The molecule has 0 radical (unpaired) electrons. The highest BCUT2D eigenvalue weighted by Gasteiger charge is 2.40. The lowest BCUT2D eigenvalue weighted by Gasteiger charge is -2.38. The monoisotopic (exact) mass is 316 g/mol. The van der Waals surface area contributed by atoms with Gasteiger partial charge in [-0.25, -0.2) is 8.42 Å². The van der Waals surface area contributed by atoms with E-state index in [1.165, 1.54) is 17.1 Å². The van der Waals surface area contributed by atoms with Gasteiger partial charge in [-0.2, -0.15) is 9.82 Å². The molecular formula is C12H20N4O2S2. The number of nitrogens with one attached hydrogen (secondary N) is 1. The summed E-state index contributed by atoms with van der Waals surface area (Å²) < 4.78 is 29.0. The lowest BCUT2D eigenvalue weighted by atomic mass is 9.78. The molecule has 0 aromatic carbocycles. The normalized spacial score (nSPS) is 27.4. The van der Waals surface area contributed by atoms with Gasteiger partial charge in [-0.3, -0.25) is 4.68 Å². The number of nitrogens with zero attached hydrogens (tertiary/aromatic N) is 2. The fraction of sp³-hybridized carbons (Fsp3) is 0.667. The van der Waals surface area contributed by atoms with Gasteiger partial charge >= 0.3 is 0 Å². The summed E-state index contributed by atoms with van der Waals surface area (Å²) >= 11 is 5.12. The third kappa shape index (κ3) is 3.02. The van der Waals surface area contributed by atoms with Crippen LogP contribution in [0, 0.1) is 5.92 Å². The fourth-order valence-electron chi connectivity index (χ4n) is 2.51. The van der Waals surface area contributed by atoms with Gasteiger partial charge in [-0.05, 0) is 31.6 Å². The topological polar surface area (TPSA) is 90.0 Å². The molecule has 20 heavy (non-hydrogen) atoms. The average molecular weight is 316 g/mol. The standard InChI is InChI=1S/C12H20N4O2S2/c1-9-3-5-12(6-4-9,11(13)19)15-20(17,18)10-7-14-16(2)8-10/h7-9,15H,3-6H2,1-2H3,(H2,13,19). The zero-order valence-electron chi connectivity index (χ0n) is 11.7. The molecule has 0 amide bonds. The second kappa shape index (κ2) is 5.42. The summed E-state index contributed by atoms with van der Waals surface area (Å²) in [6, 6.07) is 0. The van der Waals surface area contributed by atoms with E-state index in [-0.39, 0.29) is 9.88 Å². The van der Waals surface area contributed by atoms with E-state index in [0.717, 1.165) is 12.8 Å². The van der Waals surface area contributed by atoms with Crippen molar-refractivity contribution in [3.63, 3.8) is 0 Å². The summed E-state index contributed by atoms with van der Waals surface area (Å²) in [6.07, 6.45) is 5.88. The number of aryl methyl sites for hydroxylation is 1. The van der Waals surface area contributed by atoms with E-state index in [2.05, 4.69) is 16.7 Å². The van der Waals surface area contributed by atoms with Crippen LogP contribution < -0.4 is 10.5 Å². The molecule has 2 rings (SSSR count). The molecule has 1 aliphatic carbocycles. The van der Waals surface area contributed by atoms with E-state index >= 15 is 0 Å². The Hall–Kier alpha value is -0.990. The summed E-state index contributed by atoms with van der Waals surface area (Å²) in [5.74, 6) is 0.570. The van der Waals surface area contributed by atoms with Gasteiger partial charge in [0.2, 0.25) is 10.0 Å². The summed E-state index contributed by atoms with van der Waals surface area (Å²) in [4.78, 5) is 0.353. The van der Waals surface area contributed by atoms with Crippen molar-refractivity contribution < 1.29 is 8.42 Å². The Morgan fingerprint density at radius 1 is 1.55 bits per heavy atom. The van der Waals surface area contributed by atoms with Gasteiger partial charge in [0.05, 0.1) is 16.7 Å². The first-order valence-electron chi connectivity index (χ1n) is 6.58. The van der Waals surface area contributed by atoms with Gasteiger partial charge in [0.1, 0.15) is 4.90 Å². The van der Waals surface area contributed by atoms with Crippen LogP contribution in [0.1, 0.15) is 32.6 Å². The molecule has 0 spiro atoms. The summed E-state index contributed by atoms with van der Waals surface area (Å²) in [5, 5.41) is 3.89. The number of sulfonamides is 1. The Balaban J connectivity index is 2.27. The van der Waals surface area contributed by atoms with Crippen LogP contribution in [0.3, 0.4) is 0 Å². The Morgan fingerprint density at radius 3 is 2.60 bits per heavy atom. The first-order chi connectivity index (χ1) is 9.25. The zero-order chi connectivity index (χ0) is 15.0. The lowest BCUT2D eigenvalue weighted by Crippen LogP contribution is -2.58. The maximum atomic E-state index is 12.4.